The molecule has 0 radical (unpaired) electrons. The van der Waals surface area contributed by atoms with Gasteiger partial charge in [0.2, 0.25) is 10.0 Å². The Morgan fingerprint density at radius 3 is 2.70 bits per heavy atom. The Morgan fingerprint density at radius 1 is 1.40 bits per heavy atom. The average molecular weight is 300 g/mol. The Hall–Kier alpha value is -0.920. The normalized spacial score (nSPS) is 20.2. The smallest absolute Gasteiger partial charge is 0.244 e. The molecule has 1 fully saturated rings. The molecule has 6 nitrogen and oxygen atoms in total. The Morgan fingerprint density at radius 2 is 2.15 bits per heavy atom. The molecule has 1 aliphatic heterocycles. The molecule has 0 saturated carbocycles. The van der Waals surface area contributed by atoms with Crippen molar-refractivity contribution in [2.75, 3.05) is 13.1 Å². The quantitative estimate of drug-likeness (QED) is 0.845. The minimum atomic E-state index is -3.46. The van der Waals surface area contributed by atoms with E-state index in [0.29, 0.717) is 28.9 Å². The predicted molar refractivity (Wildman–Crippen MR) is 78.1 cm³/mol. The number of aromatic nitrogens is 2. The van der Waals surface area contributed by atoms with Gasteiger partial charge in [0.05, 0.1) is 11.4 Å². The number of nitrogens with one attached hydrogen (secondary N) is 2. The first-order chi connectivity index (χ1) is 9.42. The van der Waals surface area contributed by atoms with Crippen LogP contribution in [0.15, 0.2) is 4.90 Å². The van der Waals surface area contributed by atoms with Crippen molar-refractivity contribution >= 4 is 10.0 Å². The van der Waals surface area contributed by atoms with Crippen molar-refractivity contribution in [1.29, 1.82) is 0 Å². The first-order valence-corrected chi connectivity index (χ1v) is 8.63. The van der Waals surface area contributed by atoms with Gasteiger partial charge in [0.25, 0.3) is 0 Å². The average Bonchev–Trinajstić information content (AvgIpc) is 2.64. The molecule has 1 saturated heterocycles. The number of nitrogens with zero attached hydrogens (tertiary/aromatic N) is 2. The summed E-state index contributed by atoms with van der Waals surface area (Å²) in [4.78, 5) is 0.316. The Labute approximate surface area is 121 Å². The summed E-state index contributed by atoms with van der Waals surface area (Å²) in [6.45, 7) is 5.01. The monoisotopic (exact) mass is 300 g/mol. The third kappa shape index (κ3) is 3.39. The van der Waals surface area contributed by atoms with E-state index in [0.717, 1.165) is 19.4 Å². The van der Waals surface area contributed by atoms with Crippen molar-refractivity contribution in [2.45, 2.75) is 50.5 Å². The zero-order valence-corrected chi connectivity index (χ0v) is 13.3. The molecule has 0 bridgehead atoms. The van der Waals surface area contributed by atoms with E-state index in [9.17, 15) is 8.42 Å². The van der Waals surface area contributed by atoms with E-state index in [2.05, 4.69) is 15.1 Å². The highest BCUT2D eigenvalue weighted by atomic mass is 32.2. The Bertz CT molecular complexity index is 559. The molecule has 1 atom stereocenters. The molecule has 1 aromatic heterocycles. The van der Waals surface area contributed by atoms with Crippen LogP contribution >= 0.6 is 0 Å². The molecule has 1 aromatic rings. The second-order valence-corrected chi connectivity index (χ2v) is 7.16. The maximum absolute atomic E-state index is 12.3. The van der Waals surface area contributed by atoms with Crippen LogP contribution in [0.2, 0.25) is 0 Å². The van der Waals surface area contributed by atoms with Crippen LogP contribution in [0.5, 0.6) is 0 Å². The number of aryl methyl sites for hydroxylation is 2. The van der Waals surface area contributed by atoms with E-state index in [-0.39, 0.29) is 0 Å². The van der Waals surface area contributed by atoms with Gasteiger partial charge in [-0.05, 0) is 39.7 Å². The first-order valence-electron chi connectivity index (χ1n) is 7.15. The second-order valence-electron chi connectivity index (χ2n) is 5.46. The van der Waals surface area contributed by atoms with E-state index in [1.807, 2.05) is 0 Å². The first kappa shape index (κ1) is 15.5. The third-order valence-corrected chi connectivity index (χ3v) is 5.62. The van der Waals surface area contributed by atoms with Crippen molar-refractivity contribution < 1.29 is 8.42 Å². The second kappa shape index (κ2) is 6.24. The number of hydrogen-bond acceptors (Lipinski definition) is 4. The molecule has 0 aromatic carbocycles. The molecule has 114 valence electrons. The summed E-state index contributed by atoms with van der Waals surface area (Å²) >= 11 is 0. The van der Waals surface area contributed by atoms with Gasteiger partial charge in [-0.1, -0.05) is 6.42 Å². The van der Waals surface area contributed by atoms with E-state index in [1.54, 1.807) is 25.6 Å². The summed E-state index contributed by atoms with van der Waals surface area (Å²) in [6, 6.07) is 0.433. The number of piperidine rings is 1. The molecule has 2 heterocycles. The molecule has 0 amide bonds. The van der Waals surface area contributed by atoms with E-state index in [1.165, 1.54) is 12.8 Å². The lowest BCUT2D eigenvalue weighted by atomic mass is 10.0. The maximum Gasteiger partial charge on any atom is 0.244 e. The van der Waals surface area contributed by atoms with Crippen molar-refractivity contribution in [2.24, 2.45) is 7.05 Å². The fourth-order valence-electron chi connectivity index (χ4n) is 2.75. The summed E-state index contributed by atoms with van der Waals surface area (Å²) in [7, 11) is -1.71. The molecule has 0 aliphatic carbocycles. The molecule has 2 rings (SSSR count). The summed E-state index contributed by atoms with van der Waals surface area (Å²) in [5.74, 6) is 0. The summed E-state index contributed by atoms with van der Waals surface area (Å²) in [5.41, 5.74) is 1.22. The van der Waals surface area contributed by atoms with Crippen LogP contribution in [0.1, 0.15) is 37.1 Å². The van der Waals surface area contributed by atoms with Crippen molar-refractivity contribution in [1.82, 2.24) is 19.8 Å². The minimum absolute atomic E-state index is 0.316. The lowest BCUT2D eigenvalue weighted by molar-refractivity contribution is 0.382. The van der Waals surface area contributed by atoms with Gasteiger partial charge in [0, 0.05) is 19.6 Å². The molecular weight excluding hydrogens is 276 g/mol. The molecule has 1 unspecified atom stereocenters. The third-order valence-electron chi connectivity index (χ3n) is 3.91. The lowest BCUT2D eigenvalue weighted by Crippen LogP contribution is -2.37. The van der Waals surface area contributed by atoms with Gasteiger partial charge in [-0.2, -0.15) is 5.10 Å². The van der Waals surface area contributed by atoms with E-state index >= 15 is 0 Å². The number of sulfonamides is 1. The van der Waals surface area contributed by atoms with Crippen LogP contribution < -0.4 is 10.0 Å². The van der Waals surface area contributed by atoms with Crippen molar-refractivity contribution in [3.05, 3.63) is 11.4 Å². The van der Waals surface area contributed by atoms with Gasteiger partial charge in [-0.25, -0.2) is 13.1 Å². The van der Waals surface area contributed by atoms with E-state index < -0.39 is 10.0 Å². The summed E-state index contributed by atoms with van der Waals surface area (Å²) < 4.78 is 29.0. The fraction of sp³-hybridized carbons (Fsp3) is 0.769. The highest BCUT2D eigenvalue weighted by Crippen LogP contribution is 2.18. The largest absolute Gasteiger partial charge is 0.314 e. The van der Waals surface area contributed by atoms with E-state index in [4.69, 9.17) is 0 Å². The van der Waals surface area contributed by atoms with Gasteiger partial charge in [0.1, 0.15) is 4.90 Å². The zero-order valence-electron chi connectivity index (χ0n) is 12.4. The highest BCUT2D eigenvalue weighted by Gasteiger charge is 2.23. The molecule has 7 heteroatoms. The molecule has 1 aliphatic rings. The van der Waals surface area contributed by atoms with Crippen LogP contribution in [0.25, 0.3) is 0 Å². The molecule has 0 spiro atoms. The highest BCUT2D eigenvalue weighted by molar-refractivity contribution is 7.89. The van der Waals surface area contributed by atoms with Crippen LogP contribution in [-0.2, 0) is 17.1 Å². The van der Waals surface area contributed by atoms with Gasteiger partial charge >= 0.3 is 0 Å². The van der Waals surface area contributed by atoms with Gasteiger partial charge in [0.15, 0.2) is 0 Å². The van der Waals surface area contributed by atoms with Crippen LogP contribution in [0.3, 0.4) is 0 Å². The van der Waals surface area contributed by atoms with Crippen molar-refractivity contribution in [3.63, 3.8) is 0 Å². The molecule has 2 N–H and O–H groups in total. The van der Waals surface area contributed by atoms with Gasteiger partial charge in [-0.3, -0.25) is 4.68 Å². The fourth-order valence-corrected chi connectivity index (χ4v) is 4.23. The van der Waals surface area contributed by atoms with Crippen LogP contribution in [0.4, 0.5) is 0 Å². The number of rotatable bonds is 5. The van der Waals surface area contributed by atoms with Crippen LogP contribution in [0, 0.1) is 13.8 Å². The predicted octanol–water partition coefficient (Wildman–Crippen LogP) is 0.847. The Kier molecular flexibility index (Phi) is 4.82. The topological polar surface area (TPSA) is 76.0 Å². The maximum atomic E-state index is 12.3. The van der Waals surface area contributed by atoms with Gasteiger partial charge < -0.3 is 5.32 Å². The lowest BCUT2D eigenvalue weighted by Gasteiger charge is -2.23. The SMILES string of the molecule is Cc1nn(C)c(C)c1S(=O)(=O)NCCC1CCCCN1. The zero-order chi connectivity index (χ0) is 14.8. The van der Waals surface area contributed by atoms with Gasteiger partial charge in [-0.15, -0.1) is 0 Å². The minimum Gasteiger partial charge on any atom is -0.314 e. The van der Waals surface area contributed by atoms with Crippen LogP contribution in [-0.4, -0.2) is 37.3 Å². The Balaban J connectivity index is 1.97. The standard InChI is InChI=1S/C13H24N4O2S/c1-10-13(11(2)17(3)16-10)20(18,19)15-9-7-12-6-4-5-8-14-12/h12,14-15H,4-9H2,1-3H3. The number of hydrogen-bond donors (Lipinski definition) is 2. The summed E-state index contributed by atoms with van der Waals surface area (Å²) in [5, 5.41) is 7.58. The molecule has 20 heavy (non-hydrogen) atoms. The van der Waals surface area contributed by atoms with Crippen molar-refractivity contribution in [3.8, 4) is 0 Å². The molecular formula is C13H24N4O2S. The summed E-state index contributed by atoms with van der Waals surface area (Å²) in [6.07, 6.45) is 4.41.